The van der Waals surface area contributed by atoms with E-state index in [-0.39, 0.29) is 18.3 Å². The molecular formula is C23H33FN4O3. The summed E-state index contributed by atoms with van der Waals surface area (Å²) in [4.78, 5) is 14.4. The number of benzene rings is 1. The Morgan fingerprint density at radius 2 is 1.77 bits per heavy atom. The van der Waals surface area contributed by atoms with E-state index in [0.29, 0.717) is 37.7 Å². The van der Waals surface area contributed by atoms with E-state index in [0.717, 1.165) is 31.2 Å². The summed E-state index contributed by atoms with van der Waals surface area (Å²) in [7, 11) is 3.36. The Balaban J connectivity index is 1.31. The van der Waals surface area contributed by atoms with E-state index < -0.39 is 6.17 Å². The third-order valence-corrected chi connectivity index (χ3v) is 6.77. The number of nitrogens with zero attached hydrogens (tertiary/aromatic N) is 4. The highest BCUT2D eigenvalue weighted by Crippen LogP contribution is 2.37. The lowest BCUT2D eigenvalue weighted by molar-refractivity contribution is -0.0346. The molecule has 0 saturated carbocycles. The Kier molecular flexibility index (Phi) is 6.89. The van der Waals surface area contributed by atoms with Crippen molar-refractivity contribution in [3.63, 3.8) is 0 Å². The highest BCUT2D eigenvalue weighted by Gasteiger charge is 2.42. The molecule has 31 heavy (non-hydrogen) atoms. The maximum Gasteiger partial charge on any atom is 0.345 e. The van der Waals surface area contributed by atoms with Crippen molar-refractivity contribution in [2.24, 2.45) is 7.05 Å². The fourth-order valence-electron chi connectivity index (χ4n) is 5.05. The number of piperidine rings is 1. The van der Waals surface area contributed by atoms with Crippen molar-refractivity contribution in [3.8, 4) is 0 Å². The summed E-state index contributed by atoms with van der Waals surface area (Å²) in [5.41, 5.74) is 2.06. The molecule has 0 aliphatic carbocycles. The van der Waals surface area contributed by atoms with Crippen LogP contribution in [0.5, 0.6) is 0 Å². The van der Waals surface area contributed by atoms with Gasteiger partial charge in [-0.1, -0.05) is 24.3 Å². The zero-order valence-electron chi connectivity index (χ0n) is 18.7. The van der Waals surface area contributed by atoms with Gasteiger partial charge in [-0.25, -0.2) is 13.9 Å². The van der Waals surface area contributed by atoms with Crippen LogP contribution in [0.3, 0.4) is 0 Å². The van der Waals surface area contributed by atoms with Gasteiger partial charge in [-0.05, 0) is 43.7 Å². The quantitative estimate of drug-likeness (QED) is 0.610. The lowest BCUT2D eigenvalue weighted by atomic mass is 9.99. The minimum absolute atomic E-state index is 0.00661. The van der Waals surface area contributed by atoms with Crippen molar-refractivity contribution < 1.29 is 13.9 Å². The van der Waals surface area contributed by atoms with Crippen molar-refractivity contribution in [1.82, 2.24) is 19.2 Å². The van der Waals surface area contributed by atoms with Crippen LogP contribution < -0.4 is 5.69 Å². The minimum atomic E-state index is -1.12. The molecule has 2 fully saturated rings. The molecule has 0 N–H and O–H groups in total. The predicted molar refractivity (Wildman–Crippen MR) is 116 cm³/mol. The van der Waals surface area contributed by atoms with E-state index in [4.69, 9.17) is 9.47 Å². The Morgan fingerprint density at radius 1 is 1.13 bits per heavy atom. The lowest BCUT2D eigenvalue weighted by Gasteiger charge is -2.39. The van der Waals surface area contributed by atoms with Gasteiger partial charge in [-0.3, -0.25) is 9.47 Å². The minimum Gasteiger partial charge on any atom is -0.380 e. The fraction of sp³-hybridized carbons (Fsp3) is 0.652. The zero-order valence-corrected chi connectivity index (χ0v) is 18.7. The number of aryl methyl sites for hydroxylation is 1. The average molecular weight is 433 g/mol. The van der Waals surface area contributed by atoms with Gasteiger partial charge in [0.05, 0.1) is 25.9 Å². The summed E-state index contributed by atoms with van der Waals surface area (Å²) >= 11 is 0. The van der Waals surface area contributed by atoms with Gasteiger partial charge in [0.15, 0.2) is 0 Å². The zero-order chi connectivity index (χ0) is 22.0. The number of hydrogen-bond acceptors (Lipinski definition) is 5. The van der Waals surface area contributed by atoms with Crippen LogP contribution in [-0.2, 0) is 36.3 Å². The number of halogens is 1. The predicted octanol–water partition coefficient (Wildman–Crippen LogP) is 2.59. The molecule has 0 amide bonds. The van der Waals surface area contributed by atoms with Gasteiger partial charge < -0.3 is 9.47 Å². The van der Waals surface area contributed by atoms with Crippen molar-refractivity contribution >= 4 is 0 Å². The molecule has 3 atom stereocenters. The first-order valence-electron chi connectivity index (χ1n) is 11.1. The molecule has 8 heteroatoms. The largest absolute Gasteiger partial charge is 0.380 e. The summed E-state index contributed by atoms with van der Waals surface area (Å²) in [6.07, 6.45) is 3.11. The number of aromatic nitrogens is 3. The van der Waals surface area contributed by atoms with Crippen molar-refractivity contribution in [3.05, 3.63) is 51.7 Å². The van der Waals surface area contributed by atoms with Gasteiger partial charge >= 0.3 is 5.69 Å². The molecule has 0 radical (unpaired) electrons. The van der Waals surface area contributed by atoms with Crippen LogP contribution in [0.2, 0.25) is 0 Å². The molecule has 3 heterocycles. The maximum absolute atomic E-state index is 14.9. The molecule has 3 unspecified atom stereocenters. The van der Waals surface area contributed by atoms with Gasteiger partial charge in [0.2, 0.25) is 0 Å². The van der Waals surface area contributed by atoms with Gasteiger partial charge in [-0.2, -0.15) is 5.10 Å². The van der Waals surface area contributed by atoms with E-state index in [2.05, 4.69) is 22.1 Å². The normalized spacial score (nSPS) is 24.6. The second-order valence-corrected chi connectivity index (χ2v) is 8.86. The number of rotatable bonds is 9. The van der Waals surface area contributed by atoms with Gasteiger partial charge in [-0.15, -0.1) is 0 Å². The third kappa shape index (κ3) is 4.91. The molecule has 7 nitrogen and oxygen atoms in total. The second kappa shape index (κ2) is 9.63. The van der Waals surface area contributed by atoms with Gasteiger partial charge in [0.25, 0.3) is 0 Å². The molecule has 1 aromatic carbocycles. The Morgan fingerprint density at radius 3 is 2.35 bits per heavy atom. The number of fused-ring (bicyclic) bond motifs is 2. The van der Waals surface area contributed by atoms with Gasteiger partial charge in [0.1, 0.15) is 12.0 Å². The van der Waals surface area contributed by atoms with E-state index in [9.17, 15) is 9.18 Å². The summed E-state index contributed by atoms with van der Waals surface area (Å²) in [5, 5.41) is 4.16. The fourth-order valence-corrected chi connectivity index (χ4v) is 5.05. The first kappa shape index (κ1) is 22.2. The Hall–Kier alpha value is -2.03. The van der Waals surface area contributed by atoms with Crippen molar-refractivity contribution in [2.75, 3.05) is 13.7 Å². The van der Waals surface area contributed by atoms with Crippen LogP contribution in [0.4, 0.5) is 4.39 Å². The van der Waals surface area contributed by atoms with Crippen LogP contribution in [0.25, 0.3) is 0 Å². The summed E-state index contributed by atoms with van der Waals surface area (Å²) in [5.74, 6) is 0.599. The molecule has 2 bridgehead atoms. The molecule has 0 spiro atoms. The SMILES string of the molecule is COCc1ccccc1COC1CC2CCC(C1)N2CC(F)Cn1nc(C)n(C)c1=O. The first-order valence-corrected chi connectivity index (χ1v) is 11.1. The van der Waals surface area contributed by atoms with Crippen molar-refractivity contribution in [2.45, 2.75) is 76.7 Å². The van der Waals surface area contributed by atoms with Crippen molar-refractivity contribution in [1.29, 1.82) is 0 Å². The summed E-state index contributed by atoms with van der Waals surface area (Å²) < 4.78 is 29.1. The second-order valence-electron chi connectivity index (χ2n) is 8.86. The molecule has 2 aliphatic rings. The smallest absolute Gasteiger partial charge is 0.345 e. The monoisotopic (exact) mass is 432 g/mol. The topological polar surface area (TPSA) is 61.5 Å². The molecule has 4 rings (SSSR count). The van der Waals surface area contributed by atoms with Crippen LogP contribution in [0.15, 0.2) is 29.1 Å². The van der Waals surface area contributed by atoms with E-state index in [1.54, 1.807) is 21.1 Å². The van der Waals surface area contributed by atoms with Gasteiger partial charge in [0, 0.05) is 32.8 Å². The molecular weight excluding hydrogens is 399 g/mol. The summed E-state index contributed by atoms with van der Waals surface area (Å²) in [6.45, 7) is 3.27. The first-order chi connectivity index (χ1) is 15.0. The Labute approximate surface area is 182 Å². The highest BCUT2D eigenvalue weighted by molar-refractivity contribution is 5.25. The summed E-state index contributed by atoms with van der Waals surface area (Å²) in [6, 6.07) is 8.90. The lowest BCUT2D eigenvalue weighted by Crippen LogP contribution is -2.48. The molecule has 170 valence electrons. The average Bonchev–Trinajstić information content (AvgIpc) is 3.12. The maximum atomic E-state index is 14.9. The standard InChI is InChI=1S/C23H33FN4O3/c1-16-25-28(23(29)26(16)2)13-19(24)12-27-20-8-9-21(27)11-22(10-20)31-15-18-7-5-4-6-17(18)14-30-3/h4-7,19-22H,8-15H2,1-3H3. The molecule has 2 aliphatic heterocycles. The molecule has 1 aromatic heterocycles. The number of methoxy groups -OCH3 is 1. The van der Waals surface area contributed by atoms with Crippen LogP contribution in [0, 0.1) is 6.92 Å². The highest BCUT2D eigenvalue weighted by atomic mass is 19.1. The number of alkyl halides is 1. The number of hydrogen-bond donors (Lipinski definition) is 0. The third-order valence-electron chi connectivity index (χ3n) is 6.77. The van der Waals surface area contributed by atoms with E-state index in [1.165, 1.54) is 14.8 Å². The Bertz CT molecular complexity index is 929. The van der Waals surface area contributed by atoms with E-state index in [1.807, 2.05) is 12.1 Å². The van der Waals surface area contributed by atoms with Crippen LogP contribution in [-0.4, -0.2) is 57.3 Å². The van der Waals surface area contributed by atoms with E-state index >= 15 is 0 Å². The molecule has 2 aromatic rings. The number of ether oxygens (including phenoxy) is 2. The molecule has 2 saturated heterocycles. The van der Waals surface area contributed by atoms with Crippen LogP contribution in [0.1, 0.15) is 42.6 Å². The van der Waals surface area contributed by atoms with Crippen LogP contribution >= 0.6 is 0 Å².